The monoisotopic (exact) mass is 214 g/mol. The average Bonchev–Trinajstić information content (AvgIpc) is 2.26. The molecule has 0 saturated heterocycles. The fraction of sp³-hybridized carbons (Fsp3) is 1.00. The molecule has 0 spiro atoms. The summed E-state index contributed by atoms with van der Waals surface area (Å²) in [5.74, 6) is 0. The molecule has 0 aliphatic carbocycles. The summed E-state index contributed by atoms with van der Waals surface area (Å²) in [6.07, 6.45) is 9.48. The molecular formula is C13H30N2. The molecule has 0 aromatic carbocycles. The van der Waals surface area contributed by atoms with Crippen molar-refractivity contribution in [3.05, 3.63) is 0 Å². The van der Waals surface area contributed by atoms with Crippen molar-refractivity contribution >= 4 is 0 Å². The Morgan fingerprint density at radius 3 is 1.67 bits per heavy atom. The van der Waals surface area contributed by atoms with Crippen molar-refractivity contribution < 1.29 is 0 Å². The van der Waals surface area contributed by atoms with Crippen LogP contribution in [-0.2, 0) is 0 Å². The summed E-state index contributed by atoms with van der Waals surface area (Å²) in [5.41, 5.74) is 0. The number of unbranched alkanes of at least 4 members (excludes halogenated alkanes) is 5. The van der Waals surface area contributed by atoms with Crippen molar-refractivity contribution in [1.29, 1.82) is 0 Å². The molecule has 0 aliphatic heterocycles. The molecule has 0 aromatic rings. The van der Waals surface area contributed by atoms with Crippen molar-refractivity contribution in [3.63, 3.8) is 0 Å². The summed E-state index contributed by atoms with van der Waals surface area (Å²) >= 11 is 0. The second kappa shape index (κ2) is 13.9. The summed E-state index contributed by atoms with van der Waals surface area (Å²) in [7, 11) is 0. The maximum absolute atomic E-state index is 3.51. The summed E-state index contributed by atoms with van der Waals surface area (Å²) in [5, 5.41) is 6.86. The zero-order valence-electron chi connectivity index (χ0n) is 10.8. The van der Waals surface area contributed by atoms with E-state index in [0.717, 1.165) is 6.54 Å². The van der Waals surface area contributed by atoms with Crippen LogP contribution in [0.15, 0.2) is 0 Å². The molecule has 0 aliphatic rings. The smallest absolute Gasteiger partial charge is 0.00489 e. The predicted octanol–water partition coefficient (Wildman–Crippen LogP) is 2.94. The Morgan fingerprint density at radius 2 is 1.13 bits per heavy atom. The van der Waals surface area contributed by atoms with Crippen molar-refractivity contribution in [1.82, 2.24) is 10.6 Å². The fourth-order valence-corrected chi connectivity index (χ4v) is 1.66. The van der Waals surface area contributed by atoms with Crippen LogP contribution in [0, 0.1) is 0 Å². The lowest BCUT2D eigenvalue weighted by Crippen LogP contribution is -2.17. The third-order valence-electron chi connectivity index (χ3n) is 2.66. The highest BCUT2D eigenvalue weighted by molar-refractivity contribution is 4.51. The Bertz CT molecular complexity index is 92.7. The number of hydrogen-bond donors (Lipinski definition) is 2. The van der Waals surface area contributed by atoms with Gasteiger partial charge in [-0.05, 0) is 45.4 Å². The second-order valence-corrected chi connectivity index (χ2v) is 4.22. The molecule has 15 heavy (non-hydrogen) atoms. The lowest BCUT2D eigenvalue weighted by atomic mass is 10.2. The van der Waals surface area contributed by atoms with Gasteiger partial charge in [0.25, 0.3) is 0 Å². The van der Waals surface area contributed by atoms with E-state index in [1.54, 1.807) is 0 Å². The maximum Gasteiger partial charge on any atom is -0.00489 e. The highest BCUT2D eigenvalue weighted by Crippen LogP contribution is 1.98. The van der Waals surface area contributed by atoms with E-state index in [4.69, 9.17) is 0 Å². The minimum Gasteiger partial charge on any atom is -0.317 e. The molecule has 0 atom stereocenters. The lowest BCUT2D eigenvalue weighted by molar-refractivity contribution is 0.555. The normalized spacial score (nSPS) is 10.8. The quantitative estimate of drug-likeness (QED) is 0.488. The zero-order chi connectivity index (χ0) is 11.2. The molecular weight excluding hydrogens is 184 g/mol. The molecule has 0 fully saturated rings. The topological polar surface area (TPSA) is 24.1 Å². The second-order valence-electron chi connectivity index (χ2n) is 4.22. The standard InChI is InChI=1S/C13H30N2/c1-3-5-8-12-15-13-10-7-6-9-11-14-4-2/h14-15H,3-13H2,1-2H3. The van der Waals surface area contributed by atoms with Crippen LogP contribution in [0.25, 0.3) is 0 Å². The molecule has 0 bridgehead atoms. The molecule has 2 heteroatoms. The number of hydrogen-bond acceptors (Lipinski definition) is 2. The van der Waals surface area contributed by atoms with E-state index >= 15 is 0 Å². The Labute approximate surface area is 96.2 Å². The highest BCUT2D eigenvalue weighted by Gasteiger charge is 1.90. The molecule has 0 rings (SSSR count). The van der Waals surface area contributed by atoms with Crippen LogP contribution in [0.2, 0.25) is 0 Å². The summed E-state index contributed by atoms with van der Waals surface area (Å²) in [6, 6.07) is 0. The Kier molecular flexibility index (Phi) is 13.8. The molecule has 2 N–H and O–H groups in total. The first-order valence-electron chi connectivity index (χ1n) is 6.83. The molecule has 2 nitrogen and oxygen atoms in total. The summed E-state index contributed by atoms with van der Waals surface area (Å²) in [6.45, 7) is 9.15. The lowest BCUT2D eigenvalue weighted by Gasteiger charge is -2.04. The van der Waals surface area contributed by atoms with E-state index in [2.05, 4.69) is 24.5 Å². The Morgan fingerprint density at radius 1 is 0.600 bits per heavy atom. The van der Waals surface area contributed by atoms with E-state index in [9.17, 15) is 0 Å². The zero-order valence-corrected chi connectivity index (χ0v) is 10.8. The van der Waals surface area contributed by atoms with Gasteiger partial charge in [-0.15, -0.1) is 0 Å². The van der Waals surface area contributed by atoms with Crippen LogP contribution >= 0.6 is 0 Å². The molecule has 0 radical (unpaired) electrons. The Balaban J connectivity index is 2.81. The van der Waals surface area contributed by atoms with Crippen LogP contribution in [0.1, 0.15) is 58.8 Å². The predicted molar refractivity (Wildman–Crippen MR) is 69.4 cm³/mol. The highest BCUT2D eigenvalue weighted by atomic mass is 14.8. The first-order valence-corrected chi connectivity index (χ1v) is 6.83. The summed E-state index contributed by atoms with van der Waals surface area (Å²) in [4.78, 5) is 0. The molecule has 0 unspecified atom stereocenters. The minimum absolute atomic E-state index is 1.11. The van der Waals surface area contributed by atoms with Gasteiger partial charge < -0.3 is 10.6 Å². The first kappa shape index (κ1) is 14.9. The van der Waals surface area contributed by atoms with E-state index in [1.807, 2.05) is 0 Å². The van der Waals surface area contributed by atoms with Crippen molar-refractivity contribution in [2.45, 2.75) is 58.8 Å². The van der Waals surface area contributed by atoms with Gasteiger partial charge in [0, 0.05) is 0 Å². The largest absolute Gasteiger partial charge is 0.317 e. The van der Waals surface area contributed by atoms with E-state index in [-0.39, 0.29) is 0 Å². The van der Waals surface area contributed by atoms with Crippen LogP contribution in [-0.4, -0.2) is 26.2 Å². The third kappa shape index (κ3) is 13.9. The first-order chi connectivity index (χ1) is 7.41. The fourth-order valence-electron chi connectivity index (χ4n) is 1.66. The molecule has 0 saturated carbocycles. The molecule has 0 aromatic heterocycles. The number of nitrogens with one attached hydrogen (secondary N) is 2. The Hall–Kier alpha value is -0.0800. The van der Waals surface area contributed by atoms with Gasteiger partial charge in [-0.3, -0.25) is 0 Å². The van der Waals surface area contributed by atoms with Crippen LogP contribution in [0.3, 0.4) is 0 Å². The van der Waals surface area contributed by atoms with Crippen LogP contribution in [0.5, 0.6) is 0 Å². The average molecular weight is 214 g/mol. The van der Waals surface area contributed by atoms with Crippen molar-refractivity contribution in [2.24, 2.45) is 0 Å². The van der Waals surface area contributed by atoms with Crippen LogP contribution < -0.4 is 10.6 Å². The van der Waals surface area contributed by atoms with Crippen molar-refractivity contribution in [2.75, 3.05) is 26.2 Å². The third-order valence-corrected chi connectivity index (χ3v) is 2.66. The van der Waals surface area contributed by atoms with E-state index in [1.165, 1.54) is 64.6 Å². The summed E-state index contributed by atoms with van der Waals surface area (Å²) < 4.78 is 0. The van der Waals surface area contributed by atoms with Gasteiger partial charge in [0.1, 0.15) is 0 Å². The van der Waals surface area contributed by atoms with Gasteiger partial charge in [0.2, 0.25) is 0 Å². The van der Waals surface area contributed by atoms with Gasteiger partial charge in [-0.2, -0.15) is 0 Å². The van der Waals surface area contributed by atoms with Crippen molar-refractivity contribution in [3.8, 4) is 0 Å². The molecule has 0 amide bonds. The SMILES string of the molecule is CCCCCNCCCCCCNCC. The van der Waals surface area contributed by atoms with Gasteiger partial charge in [0.05, 0.1) is 0 Å². The van der Waals surface area contributed by atoms with Gasteiger partial charge in [-0.25, -0.2) is 0 Å². The van der Waals surface area contributed by atoms with E-state index < -0.39 is 0 Å². The van der Waals surface area contributed by atoms with Gasteiger partial charge >= 0.3 is 0 Å². The minimum atomic E-state index is 1.11. The van der Waals surface area contributed by atoms with Gasteiger partial charge in [0.15, 0.2) is 0 Å². The molecule has 0 heterocycles. The van der Waals surface area contributed by atoms with E-state index in [0.29, 0.717) is 0 Å². The molecule has 92 valence electrons. The maximum atomic E-state index is 3.51. The number of rotatable bonds is 12. The van der Waals surface area contributed by atoms with Gasteiger partial charge in [-0.1, -0.05) is 39.5 Å². The van der Waals surface area contributed by atoms with Crippen LogP contribution in [0.4, 0.5) is 0 Å².